The molecule has 0 spiro atoms. The minimum absolute atomic E-state index is 0.0507. The molecule has 0 atom stereocenters. The minimum atomic E-state index is -0.524. The number of hydrogen-bond acceptors (Lipinski definition) is 3. The van der Waals surface area contributed by atoms with Crippen LogP contribution in [0.5, 0.6) is 0 Å². The maximum absolute atomic E-state index is 13.7. The van der Waals surface area contributed by atoms with Crippen LogP contribution in [0.25, 0.3) is 0 Å². The summed E-state index contributed by atoms with van der Waals surface area (Å²) >= 11 is 4.13. The molecule has 1 heterocycles. The molecule has 2 rings (SSSR count). The van der Waals surface area contributed by atoms with Crippen molar-refractivity contribution in [3.63, 3.8) is 0 Å². The Bertz CT molecular complexity index is 604. The van der Waals surface area contributed by atoms with E-state index < -0.39 is 5.82 Å². The molecule has 0 aliphatic heterocycles. The Morgan fingerprint density at radius 2 is 2.00 bits per heavy atom. The van der Waals surface area contributed by atoms with Crippen LogP contribution in [0.3, 0.4) is 0 Å². The minimum Gasteiger partial charge on any atom is -0.341 e. The summed E-state index contributed by atoms with van der Waals surface area (Å²) in [6, 6.07) is 8.02. The molecule has 1 aromatic carbocycles. The molecular formula is C15H15FN2OS. The number of rotatable bonds is 4. The summed E-state index contributed by atoms with van der Waals surface area (Å²) in [5.41, 5.74) is 1.14. The van der Waals surface area contributed by atoms with Gasteiger partial charge in [-0.25, -0.2) is 4.39 Å². The van der Waals surface area contributed by atoms with Crippen LogP contribution in [0, 0.1) is 5.82 Å². The van der Waals surface area contributed by atoms with E-state index in [2.05, 4.69) is 17.6 Å². The predicted octanol–water partition coefficient (Wildman–Crippen LogP) is 2.82. The van der Waals surface area contributed by atoms with Gasteiger partial charge in [-0.05, 0) is 42.3 Å². The van der Waals surface area contributed by atoms with Gasteiger partial charge in [-0.1, -0.05) is 0 Å². The second-order valence-corrected chi connectivity index (χ2v) is 5.01. The monoisotopic (exact) mass is 290 g/mol. The smallest absolute Gasteiger partial charge is 0.256 e. The first-order valence-electron chi connectivity index (χ1n) is 6.21. The highest BCUT2D eigenvalue weighted by Gasteiger charge is 2.16. The maximum atomic E-state index is 13.7. The lowest BCUT2D eigenvalue weighted by atomic mass is 10.1. The molecule has 104 valence electrons. The lowest BCUT2D eigenvalue weighted by Crippen LogP contribution is -2.29. The molecule has 0 aliphatic carbocycles. The van der Waals surface area contributed by atoms with Crippen molar-refractivity contribution in [2.75, 3.05) is 13.6 Å². The van der Waals surface area contributed by atoms with Crippen molar-refractivity contribution in [1.82, 2.24) is 9.88 Å². The average Bonchev–Trinajstić information content (AvgIpc) is 2.47. The van der Waals surface area contributed by atoms with Gasteiger partial charge in [0.05, 0.1) is 5.56 Å². The van der Waals surface area contributed by atoms with Crippen LogP contribution in [0.4, 0.5) is 4.39 Å². The molecule has 0 saturated heterocycles. The molecule has 0 N–H and O–H groups in total. The first kappa shape index (κ1) is 14.5. The van der Waals surface area contributed by atoms with Crippen molar-refractivity contribution in [2.24, 2.45) is 0 Å². The number of likely N-dealkylation sites (N-methyl/N-ethyl adjacent to an activating group) is 1. The van der Waals surface area contributed by atoms with Gasteiger partial charge in [0.25, 0.3) is 5.91 Å². The van der Waals surface area contributed by atoms with Crippen LogP contribution in [-0.2, 0) is 6.42 Å². The standard InChI is InChI=1S/C15H15FN2OS/c1-18(9-6-11-4-7-17-8-5-11)15(19)13-10-12(20)2-3-14(13)16/h2-5,7-8,10,20H,6,9H2,1H3. The molecule has 0 bridgehead atoms. The lowest BCUT2D eigenvalue weighted by molar-refractivity contribution is 0.0791. The normalized spacial score (nSPS) is 10.3. The van der Waals surface area contributed by atoms with E-state index in [0.29, 0.717) is 17.9 Å². The highest BCUT2D eigenvalue weighted by atomic mass is 32.1. The van der Waals surface area contributed by atoms with Crippen molar-refractivity contribution in [1.29, 1.82) is 0 Å². The fraction of sp³-hybridized carbons (Fsp3) is 0.200. The summed E-state index contributed by atoms with van der Waals surface area (Å²) in [7, 11) is 1.66. The van der Waals surface area contributed by atoms with Crippen molar-refractivity contribution in [3.8, 4) is 0 Å². The third kappa shape index (κ3) is 3.57. The van der Waals surface area contributed by atoms with Gasteiger partial charge in [0, 0.05) is 30.9 Å². The van der Waals surface area contributed by atoms with E-state index in [4.69, 9.17) is 0 Å². The number of nitrogens with zero attached hydrogens (tertiary/aromatic N) is 2. The Balaban J connectivity index is 2.03. The number of hydrogen-bond donors (Lipinski definition) is 1. The van der Waals surface area contributed by atoms with Gasteiger partial charge < -0.3 is 4.90 Å². The van der Waals surface area contributed by atoms with E-state index in [0.717, 1.165) is 5.56 Å². The van der Waals surface area contributed by atoms with Crippen LogP contribution in [0.15, 0.2) is 47.6 Å². The van der Waals surface area contributed by atoms with Crippen LogP contribution in [-0.4, -0.2) is 29.4 Å². The highest BCUT2D eigenvalue weighted by molar-refractivity contribution is 7.80. The summed E-state index contributed by atoms with van der Waals surface area (Å²) in [6.07, 6.45) is 4.12. The molecule has 5 heteroatoms. The molecule has 2 aromatic rings. The fourth-order valence-corrected chi connectivity index (χ4v) is 2.03. The quantitative estimate of drug-likeness (QED) is 0.878. The van der Waals surface area contributed by atoms with Gasteiger partial charge >= 0.3 is 0 Å². The van der Waals surface area contributed by atoms with E-state index in [1.165, 1.54) is 23.1 Å². The average molecular weight is 290 g/mol. The van der Waals surface area contributed by atoms with Crippen molar-refractivity contribution in [2.45, 2.75) is 11.3 Å². The third-order valence-electron chi connectivity index (χ3n) is 3.01. The number of pyridine rings is 1. The molecule has 3 nitrogen and oxygen atoms in total. The van der Waals surface area contributed by atoms with Crippen molar-refractivity contribution in [3.05, 3.63) is 59.7 Å². The molecular weight excluding hydrogens is 275 g/mol. The number of aromatic nitrogens is 1. The fourth-order valence-electron chi connectivity index (χ4n) is 1.83. The lowest BCUT2D eigenvalue weighted by Gasteiger charge is -2.17. The number of halogens is 1. The molecule has 20 heavy (non-hydrogen) atoms. The van der Waals surface area contributed by atoms with Gasteiger partial charge in [-0.15, -0.1) is 12.6 Å². The molecule has 0 fully saturated rings. The van der Waals surface area contributed by atoms with E-state index in [1.807, 2.05) is 12.1 Å². The van der Waals surface area contributed by atoms with E-state index in [1.54, 1.807) is 19.4 Å². The largest absolute Gasteiger partial charge is 0.341 e. The van der Waals surface area contributed by atoms with Gasteiger partial charge in [0.15, 0.2) is 0 Å². The van der Waals surface area contributed by atoms with Gasteiger partial charge in [0.2, 0.25) is 0 Å². The molecule has 0 radical (unpaired) electrons. The Labute approximate surface area is 122 Å². The van der Waals surface area contributed by atoms with Crippen LogP contribution >= 0.6 is 12.6 Å². The van der Waals surface area contributed by atoms with Gasteiger partial charge in [-0.2, -0.15) is 0 Å². The first-order valence-corrected chi connectivity index (χ1v) is 6.65. The van der Waals surface area contributed by atoms with Crippen molar-refractivity contribution < 1.29 is 9.18 Å². The van der Waals surface area contributed by atoms with E-state index >= 15 is 0 Å². The molecule has 1 aromatic heterocycles. The zero-order valence-electron chi connectivity index (χ0n) is 11.1. The highest BCUT2D eigenvalue weighted by Crippen LogP contribution is 2.15. The Hall–Kier alpha value is -1.88. The van der Waals surface area contributed by atoms with Gasteiger partial charge in [-0.3, -0.25) is 9.78 Å². The maximum Gasteiger partial charge on any atom is 0.256 e. The second kappa shape index (κ2) is 6.52. The Kier molecular flexibility index (Phi) is 4.74. The summed E-state index contributed by atoms with van der Waals surface area (Å²) in [6.45, 7) is 0.513. The first-order chi connectivity index (χ1) is 9.58. The number of amides is 1. The van der Waals surface area contributed by atoms with E-state index in [-0.39, 0.29) is 11.5 Å². The zero-order valence-corrected chi connectivity index (χ0v) is 12.0. The molecule has 0 saturated carbocycles. The zero-order chi connectivity index (χ0) is 14.5. The summed E-state index contributed by atoms with van der Waals surface area (Å²) in [4.78, 5) is 18.2. The molecule has 0 unspecified atom stereocenters. The number of carbonyl (C=O) groups excluding carboxylic acids is 1. The second-order valence-electron chi connectivity index (χ2n) is 4.50. The number of carbonyl (C=O) groups is 1. The molecule has 0 aliphatic rings. The topological polar surface area (TPSA) is 33.2 Å². The SMILES string of the molecule is CN(CCc1ccncc1)C(=O)c1cc(S)ccc1F. The predicted molar refractivity (Wildman–Crippen MR) is 78.6 cm³/mol. The Morgan fingerprint density at radius 3 is 2.70 bits per heavy atom. The van der Waals surface area contributed by atoms with Gasteiger partial charge in [0.1, 0.15) is 5.82 Å². The van der Waals surface area contributed by atoms with Crippen LogP contribution in [0.2, 0.25) is 0 Å². The van der Waals surface area contributed by atoms with Crippen molar-refractivity contribution >= 4 is 18.5 Å². The van der Waals surface area contributed by atoms with Crippen LogP contribution < -0.4 is 0 Å². The number of thiol groups is 1. The number of benzene rings is 1. The third-order valence-corrected chi connectivity index (χ3v) is 3.29. The molecule has 1 amide bonds. The van der Waals surface area contributed by atoms with Crippen LogP contribution in [0.1, 0.15) is 15.9 Å². The summed E-state index contributed by atoms with van der Waals surface area (Å²) in [5.74, 6) is -0.865. The Morgan fingerprint density at radius 1 is 1.30 bits per heavy atom. The van der Waals surface area contributed by atoms with E-state index in [9.17, 15) is 9.18 Å². The summed E-state index contributed by atoms with van der Waals surface area (Å²) in [5, 5.41) is 0. The summed E-state index contributed by atoms with van der Waals surface area (Å²) < 4.78 is 13.7.